The Morgan fingerprint density at radius 1 is 1.17 bits per heavy atom. The van der Waals surface area contributed by atoms with E-state index in [4.69, 9.17) is 9.84 Å². The van der Waals surface area contributed by atoms with Gasteiger partial charge in [0.15, 0.2) is 0 Å². The Balaban J connectivity index is 0.00000289. The normalized spacial score (nSPS) is 12.9. The van der Waals surface area contributed by atoms with Crippen molar-refractivity contribution in [1.82, 2.24) is 0 Å². The molecule has 1 atom stereocenters. The number of aliphatic hydroxyl groups is 1. The van der Waals surface area contributed by atoms with Crippen LogP contribution < -0.4 is 51.4 Å². The second-order valence-corrected chi connectivity index (χ2v) is 3.87. The number of halogens is 3. The molecule has 18 heavy (non-hydrogen) atoms. The first-order valence-corrected chi connectivity index (χ1v) is 5.46. The maximum Gasteiger partial charge on any atom is 1.00 e. The molecule has 7 heteroatoms. The molecule has 0 radical (unpaired) electrons. The molecule has 0 amide bonds. The van der Waals surface area contributed by atoms with Crippen molar-refractivity contribution in [3.63, 3.8) is 0 Å². The third kappa shape index (κ3) is 7.28. The predicted molar refractivity (Wildman–Crippen MR) is 60.9 cm³/mol. The summed E-state index contributed by atoms with van der Waals surface area (Å²) in [6.07, 6.45) is -0.0736. The zero-order chi connectivity index (χ0) is 12.7. The molecule has 0 saturated carbocycles. The molecule has 1 rings (SSSR count). The average molecular weight is 286 g/mol. The molecule has 0 saturated heterocycles. The van der Waals surface area contributed by atoms with Gasteiger partial charge in [-0.05, 0) is 12.2 Å². The second kappa shape index (κ2) is 9.52. The Bertz CT molecular complexity index is 322. The first kappa shape index (κ1) is 18.6. The fourth-order valence-electron chi connectivity index (χ4n) is 1.52. The summed E-state index contributed by atoms with van der Waals surface area (Å²) in [5.74, 6) is -1.47. The fraction of sp³-hybridized carbons (Fsp3) is 0.455. The first-order chi connectivity index (χ1) is 8.04. The van der Waals surface area contributed by atoms with Gasteiger partial charge in [0.05, 0.1) is 13.2 Å². The number of hydrogen-bond acceptors (Lipinski definition) is 2. The van der Waals surface area contributed by atoms with Crippen molar-refractivity contribution < 1.29 is 74.2 Å². The molecule has 1 N–H and O–H groups in total. The second-order valence-electron chi connectivity index (χ2n) is 3.87. The van der Waals surface area contributed by atoms with E-state index in [1.165, 1.54) is 0 Å². The van der Waals surface area contributed by atoms with Gasteiger partial charge in [-0.1, -0.05) is 35.9 Å². The molecule has 0 fully saturated rings. The smallest absolute Gasteiger partial charge is 0.449 e. The third-order valence-electron chi connectivity index (χ3n) is 2.44. The van der Waals surface area contributed by atoms with Gasteiger partial charge in [-0.3, -0.25) is 0 Å². The number of aliphatic hydroxyl groups excluding tert-OH is 1. The number of benzene rings is 1. The van der Waals surface area contributed by atoms with E-state index in [0.717, 1.165) is 0 Å². The summed E-state index contributed by atoms with van der Waals surface area (Å²) in [6, 6.07) is 8.52. The molecule has 0 bridgehead atoms. The predicted octanol–water partition coefficient (Wildman–Crippen LogP) is -0.540. The van der Waals surface area contributed by atoms with Gasteiger partial charge in [0, 0.05) is 6.61 Å². The minimum atomic E-state index is -4.93. The SMILES string of the molecule is OCCOCC(Cc1ccccc1)[B-](F)(F)F.[K+]. The first-order valence-electron chi connectivity index (χ1n) is 5.46. The van der Waals surface area contributed by atoms with E-state index >= 15 is 0 Å². The van der Waals surface area contributed by atoms with Gasteiger partial charge < -0.3 is 22.8 Å². The van der Waals surface area contributed by atoms with Crippen molar-refractivity contribution in [2.75, 3.05) is 19.8 Å². The molecule has 1 aromatic rings. The van der Waals surface area contributed by atoms with E-state index in [2.05, 4.69) is 0 Å². The average Bonchev–Trinajstić information content (AvgIpc) is 2.28. The van der Waals surface area contributed by atoms with Crippen molar-refractivity contribution in [3.05, 3.63) is 35.9 Å². The van der Waals surface area contributed by atoms with Crippen LogP contribution in [0.3, 0.4) is 0 Å². The van der Waals surface area contributed by atoms with Gasteiger partial charge in [-0.15, -0.1) is 0 Å². The molecule has 96 valence electrons. The number of hydrogen-bond donors (Lipinski definition) is 1. The number of ether oxygens (including phenoxy) is 1. The van der Waals surface area contributed by atoms with E-state index in [-0.39, 0.29) is 77.6 Å². The summed E-state index contributed by atoms with van der Waals surface area (Å²) in [6.45, 7) is -5.64. The van der Waals surface area contributed by atoms with Crippen LogP contribution in [0.25, 0.3) is 0 Å². The van der Waals surface area contributed by atoms with E-state index in [9.17, 15) is 12.9 Å². The molecule has 1 aromatic carbocycles. The molecule has 0 aliphatic rings. The Morgan fingerprint density at radius 2 is 1.78 bits per heavy atom. The zero-order valence-electron chi connectivity index (χ0n) is 10.4. The fourth-order valence-corrected chi connectivity index (χ4v) is 1.52. The van der Waals surface area contributed by atoms with Gasteiger partial charge in [-0.2, -0.15) is 0 Å². The van der Waals surface area contributed by atoms with Gasteiger partial charge in [0.25, 0.3) is 0 Å². The maximum atomic E-state index is 12.8. The molecule has 0 aliphatic heterocycles. The standard InChI is InChI=1S/C11H15BF3O2.K/c13-12(14,15)11(9-17-7-6-16)8-10-4-2-1-3-5-10;/h1-5,11,16H,6-9H2;/q-1;+1. The molecule has 0 spiro atoms. The van der Waals surface area contributed by atoms with Crippen LogP contribution in [0.4, 0.5) is 12.9 Å². The summed E-state index contributed by atoms with van der Waals surface area (Å²) in [7, 11) is 0. The summed E-state index contributed by atoms with van der Waals surface area (Å²) in [5, 5.41) is 8.47. The maximum absolute atomic E-state index is 12.8. The molecule has 0 heterocycles. The number of rotatable bonds is 7. The van der Waals surface area contributed by atoms with Crippen LogP contribution in [0.2, 0.25) is 5.82 Å². The van der Waals surface area contributed by atoms with Crippen LogP contribution >= 0.6 is 0 Å². The summed E-state index contributed by atoms with van der Waals surface area (Å²) in [5.41, 5.74) is 0.643. The minimum Gasteiger partial charge on any atom is -0.449 e. The minimum absolute atomic E-state index is 0. The van der Waals surface area contributed by atoms with E-state index in [1.54, 1.807) is 30.3 Å². The van der Waals surface area contributed by atoms with Crippen molar-refractivity contribution in [3.8, 4) is 0 Å². The van der Waals surface area contributed by atoms with Crippen LogP contribution in [-0.2, 0) is 11.2 Å². The van der Waals surface area contributed by atoms with Crippen molar-refractivity contribution >= 4 is 6.98 Å². The van der Waals surface area contributed by atoms with Crippen LogP contribution in [0.15, 0.2) is 30.3 Å². The van der Waals surface area contributed by atoms with Crippen molar-refractivity contribution in [2.45, 2.75) is 12.2 Å². The topological polar surface area (TPSA) is 29.5 Å². The Labute approximate surface area is 147 Å². The van der Waals surface area contributed by atoms with E-state index in [0.29, 0.717) is 5.56 Å². The third-order valence-corrected chi connectivity index (χ3v) is 2.44. The van der Waals surface area contributed by atoms with E-state index in [1.807, 2.05) is 0 Å². The molecular weight excluding hydrogens is 271 g/mol. The van der Waals surface area contributed by atoms with Crippen LogP contribution in [0.5, 0.6) is 0 Å². The zero-order valence-corrected chi connectivity index (χ0v) is 13.5. The summed E-state index contributed by atoms with van der Waals surface area (Å²) < 4.78 is 43.0. The van der Waals surface area contributed by atoms with Gasteiger partial charge in [0.1, 0.15) is 0 Å². The van der Waals surface area contributed by atoms with Crippen LogP contribution in [-0.4, -0.2) is 31.9 Å². The van der Waals surface area contributed by atoms with Gasteiger partial charge >= 0.3 is 58.4 Å². The molecular formula is C11H15BF3KO2. The molecule has 1 unspecified atom stereocenters. The van der Waals surface area contributed by atoms with Gasteiger partial charge in [0.2, 0.25) is 0 Å². The quantitative estimate of drug-likeness (QED) is 0.539. The largest absolute Gasteiger partial charge is 1.00 e. The van der Waals surface area contributed by atoms with Gasteiger partial charge in [-0.25, -0.2) is 0 Å². The van der Waals surface area contributed by atoms with Crippen molar-refractivity contribution in [1.29, 1.82) is 0 Å². The Morgan fingerprint density at radius 3 is 2.28 bits per heavy atom. The summed E-state index contributed by atoms with van der Waals surface area (Å²) >= 11 is 0. The molecule has 0 aliphatic carbocycles. The van der Waals surface area contributed by atoms with Crippen LogP contribution in [0, 0.1) is 0 Å². The van der Waals surface area contributed by atoms with E-state index < -0.39 is 12.8 Å². The Hall–Kier alpha value is 0.631. The van der Waals surface area contributed by atoms with Crippen molar-refractivity contribution in [2.24, 2.45) is 0 Å². The monoisotopic (exact) mass is 286 g/mol. The summed E-state index contributed by atoms with van der Waals surface area (Å²) in [4.78, 5) is 0. The Kier molecular flexibility index (Phi) is 9.86. The van der Waals surface area contributed by atoms with Crippen LogP contribution in [0.1, 0.15) is 5.56 Å². The molecule has 2 nitrogen and oxygen atoms in total. The molecule has 0 aromatic heterocycles.